The lowest BCUT2D eigenvalue weighted by Crippen LogP contribution is -2.00. The van der Waals surface area contributed by atoms with Gasteiger partial charge in [-0.1, -0.05) is 0 Å². The Hall–Kier alpha value is -0.750. The number of pyridine rings is 1. The lowest BCUT2D eigenvalue weighted by molar-refractivity contribution is 0.145. The van der Waals surface area contributed by atoms with Gasteiger partial charge in [-0.05, 0) is 19.1 Å². The van der Waals surface area contributed by atoms with E-state index in [4.69, 9.17) is 10.7 Å². The van der Waals surface area contributed by atoms with Crippen LogP contribution in [0.1, 0.15) is 17.8 Å². The predicted molar refractivity (Wildman–Crippen MR) is 47.0 cm³/mol. The van der Waals surface area contributed by atoms with Crippen LogP contribution < -0.4 is 0 Å². The van der Waals surface area contributed by atoms with Crippen LogP contribution in [0.3, 0.4) is 0 Å². The maximum Gasteiger partial charge on any atom is 0.280 e. The summed E-state index contributed by atoms with van der Waals surface area (Å²) < 4.78 is 46.0. The van der Waals surface area contributed by atoms with Gasteiger partial charge in [0.15, 0.2) is 0 Å². The van der Waals surface area contributed by atoms with Gasteiger partial charge < -0.3 is 0 Å². The molecule has 0 N–H and O–H groups in total. The molecule has 1 heterocycles. The number of halogens is 3. The number of hydrogen-bond acceptors (Lipinski definition) is 3. The first-order valence-corrected chi connectivity index (χ1v) is 5.83. The molecule has 0 saturated carbocycles. The summed E-state index contributed by atoms with van der Waals surface area (Å²) in [6.45, 7) is 1.31. The average molecular weight is 242 g/mol. The van der Waals surface area contributed by atoms with E-state index >= 15 is 0 Å². The molecular formula is C7H6ClF2NO2S. The lowest BCUT2D eigenvalue weighted by Gasteiger charge is -2.03. The first-order valence-electron chi connectivity index (χ1n) is 3.52. The molecule has 0 atom stereocenters. The summed E-state index contributed by atoms with van der Waals surface area (Å²) in [4.78, 5) is 3.18. The third-order valence-electron chi connectivity index (χ3n) is 1.55. The summed E-state index contributed by atoms with van der Waals surface area (Å²) in [5.74, 6) is 0. The fourth-order valence-corrected chi connectivity index (χ4v) is 2.07. The van der Waals surface area contributed by atoms with Gasteiger partial charge in [-0.3, -0.25) is 4.98 Å². The van der Waals surface area contributed by atoms with Gasteiger partial charge in [0.2, 0.25) is 0 Å². The van der Waals surface area contributed by atoms with Crippen LogP contribution in [0.4, 0.5) is 8.78 Å². The minimum absolute atomic E-state index is 0.0298. The second kappa shape index (κ2) is 3.78. The van der Waals surface area contributed by atoms with Crippen molar-refractivity contribution in [1.82, 2.24) is 4.98 Å². The molecule has 0 bridgehead atoms. The first-order chi connectivity index (χ1) is 6.32. The van der Waals surface area contributed by atoms with Crippen LogP contribution in [0.15, 0.2) is 17.0 Å². The molecule has 0 unspecified atom stereocenters. The predicted octanol–water partition coefficient (Wildman–Crippen LogP) is 2.26. The van der Waals surface area contributed by atoms with Crippen molar-refractivity contribution in [1.29, 1.82) is 0 Å². The van der Waals surface area contributed by atoms with Gasteiger partial charge in [0.05, 0.1) is 5.69 Å². The Morgan fingerprint density at radius 3 is 2.36 bits per heavy atom. The van der Waals surface area contributed by atoms with E-state index < -0.39 is 21.2 Å². The zero-order valence-corrected chi connectivity index (χ0v) is 8.61. The molecule has 0 radical (unpaired) electrons. The van der Waals surface area contributed by atoms with Gasteiger partial charge in [0, 0.05) is 10.7 Å². The van der Waals surface area contributed by atoms with Crippen molar-refractivity contribution in [3.05, 3.63) is 23.5 Å². The van der Waals surface area contributed by atoms with Crippen LogP contribution in [0.5, 0.6) is 0 Å². The molecule has 14 heavy (non-hydrogen) atoms. The van der Waals surface area contributed by atoms with Gasteiger partial charge in [-0.25, -0.2) is 17.2 Å². The Bertz CT molecular complexity index is 447. The normalized spacial score (nSPS) is 12.1. The summed E-state index contributed by atoms with van der Waals surface area (Å²) in [6, 6.07) is 1.96. The summed E-state index contributed by atoms with van der Waals surface area (Å²) in [7, 11) is 1.13. The molecule has 0 saturated heterocycles. The maximum atomic E-state index is 12.1. The number of rotatable bonds is 2. The zero-order valence-electron chi connectivity index (χ0n) is 7.04. The van der Waals surface area contributed by atoms with E-state index in [9.17, 15) is 17.2 Å². The van der Waals surface area contributed by atoms with Crippen molar-refractivity contribution >= 4 is 19.7 Å². The molecule has 0 amide bonds. The van der Waals surface area contributed by atoms with Crippen molar-refractivity contribution < 1.29 is 17.2 Å². The van der Waals surface area contributed by atoms with Crippen molar-refractivity contribution in [2.24, 2.45) is 0 Å². The number of nitrogens with zero attached hydrogens (tertiary/aromatic N) is 1. The van der Waals surface area contributed by atoms with E-state index in [1.54, 1.807) is 0 Å². The first kappa shape index (κ1) is 11.3. The van der Waals surface area contributed by atoms with Gasteiger partial charge in [0.25, 0.3) is 15.5 Å². The van der Waals surface area contributed by atoms with Gasteiger partial charge >= 0.3 is 0 Å². The molecule has 3 nitrogen and oxygen atoms in total. The van der Waals surface area contributed by atoms with Crippen LogP contribution in [-0.4, -0.2) is 13.4 Å². The van der Waals surface area contributed by atoms with E-state index in [0.29, 0.717) is 0 Å². The Kier molecular flexibility index (Phi) is 3.06. The Balaban J connectivity index is 3.28. The molecule has 1 aromatic heterocycles. The monoisotopic (exact) mass is 241 g/mol. The van der Waals surface area contributed by atoms with Gasteiger partial charge in [-0.2, -0.15) is 0 Å². The fourth-order valence-electron chi connectivity index (χ4n) is 0.947. The number of hydrogen-bond donors (Lipinski definition) is 0. The molecule has 0 aliphatic rings. The molecule has 0 fully saturated rings. The SMILES string of the molecule is Cc1nc(C(F)F)ccc1S(=O)(=O)Cl. The number of aromatic nitrogens is 1. The average Bonchev–Trinajstić information content (AvgIpc) is 2.01. The highest BCUT2D eigenvalue weighted by Crippen LogP contribution is 2.22. The standard InChI is InChI=1S/C7H6ClF2NO2S/c1-4-6(14(8,12)13)3-2-5(11-4)7(9)10/h2-3,7H,1H3. The van der Waals surface area contributed by atoms with Crippen LogP contribution in [0.25, 0.3) is 0 Å². The Labute approximate surface area is 84.1 Å². The highest BCUT2D eigenvalue weighted by molar-refractivity contribution is 8.13. The largest absolute Gasteiger partial charge is 0.280 e. The third-order valence-corrected chi connectivity index (χ3v) is 3.00. The van der Waals surface area contributed by atoms with Crippen LogP contribution >= 0.6 is 10.7 Å². The quantitative estimate of drug-likeness (QED) is 0.746. The van der Waals surface area contributed by atoms with Crippen LogP contribution in [0, 0.1) is 6.92 Å². The topological polar surface area (TPSA) is 47.0 Å². The molecule has 0 aliphatic carbocycles. The minimum Gasteiger partial charge on any atom is -0.251 e. The van der Waals surface area contributed by atoms with Gasteiger partial charge in [-0.15, -0.1) is 0 Å². The molecule has 7 heteroatoms. The van der Waals surface area contributed by atoms with Crippen molar-refractivity contribution in [3.8, 4) is 0 Å². The molecule has 1 rings (SSSR count). The smallest absolute Gasteiger partial charge is 0.251 e. The van der Waals surface area contributed by atoms with Crippen LogP contribution in [0.2, 0.25) is 0 Å². The third kappa shape index (κ3) is 2.39. The molecule has 0 aromatic carbocycles. The van der Waals surface area contributed by atoms with Crippen molar-refractivity contribution in [3.63, 3.8) is 0 Å². The highest BCUT2D eigenvalue weighted by Gasteiger charge is 2.17. The zero-order chi connectivity index (χ0) is 10.9. The molecular weight excluding hydrogens is 236 g/mol. The van der Waals surface area contributed by atoms with E-state index in [1.165, 1.54) is 6.92 Å². The maximum absolute atomic E-state index is 12.1. The molecule has 78 valence electrons. The lowest BCUT2D eigenvalue weighted by atomic mass is 10.3. The number of alkyl halides is 2. The van der Waals surface area contributed by atoms with E-state index in [0.717, 1.165) is 12.1 Å². The summed E-state index contributed by atoms with van der Waals surface area (Å²) >= 11 is 0. The number of aryl methyl sites for hydroxylation is 1. The van der Waals surface area contributed by atoms with E-state index in [2.05, 4.69) is 4.98 Å². The minimum atomic E-state index is -3.91. The van der Waals surface area contributed by atoms with E-state index in [1.807, 2.05) is 0 Å². The Morgan fingerprint density at radius 1 is 1.43 bits per heavy atom. The summed E-state index contributed by atoms with van der Waals surface area (Å²) in [6.07, 6.45) is -2.72. The summed E-state index contributed by atoms with van der Waals surface area (Å²) in [5.41, 5.74) is -0.496. The van der Waals surface area contributed by atoms with Crippen molar-refractivity contribution in [2.75, 3.05) is 0 Å². The van der Waals surface area contributed by atoms with Crippen molar-refractivity contribution in [2.45, 2.75) is 18.2 Å². The van der Waals surface area contributed by atoms with Crippen LogP contribution in [-0.2, 0) is 9.05 Å². The van der Waals surface area contributed by atoms with Gasteiger partial charge in [0.1, 0.15) is 10.6 Å². The Morgan fingerprint density at radius 2 is 2.00 bits per heavy atom. The molecule has 0 spiro atoms. The second-order valence-corrected chi connectivity index (χ2v) is 5.09. The second-order valence-electron chi connectivity index (χ2n) is 2.56. The fraction of sp³-hybridized carbons (Fsp3) is 0.286. The van der Waals surface area contributed by atoms with E-state index in [-0.39, 0.29) is 10.6 Å². The highest BCUT2D eigenvalue weighted by atomic mass is 35.7. The molecule has 0 aliphatic heterocycles. The summed E-state index contributed by atoms with van der Waals surface area (Å²) in [5, 5.41) is 0. The molecule has 1 aromatic rings.